The van der Waals surface area contributed by atoms with Gasteiger partial charge in [-0.25, -0.2) is 9.59 Å². The summed E-state index contributed by atoms with van der Waals surface area (Å²) in [4.78, 5) is 23.9. The smallest absolute Gasteiger partial charge is 0.334 e. The second kappa shape index (κ2) is 9.95. The van der Waals surface area contributed by atoms with Gasteiger partial charge >= 0.3 is 11.9 Å². The SMILES string of the molecule is CCOC(=O)C(C)(SC(=S)OCCOC)C(=O)OCC. The van der Waals surface area contributed by atoms with Crippen molar-refractivity contribution in [3.63, 3.8) is 0 Å². The standard InChI is InChI=1S/C12H20O6S2/c1-5-16-9(13)12(3,10(14)17-6-2)20-11(19)18-8-7-15-4/h5-8H2,1-4H3. The first-order chi connectivity index (χ1) is 9.42. The molecule has 0 saturated heterocycles. The molecule has 0 N–H and O–H groups in total. The van der Waals surface area contributed by atoms with Crippen LogP contribution in [0.1, 0.15) is 20.8 Å². The summed E-state index contributed by atoms with van der Waals surface area (Å²) in [5, 5.41) is 0. The lowest BCUT2D eigenvalue weighted by Crippen LogP contribution is -2.44. The zero-order valence-corrected chi connectivity index (χ0v) is 13.7. The van der Waals surface area contributed by atoms with Crippen molar-refractivity contribution in [1.82, 2.24) is 0 Å². The maximum Gasteiger partial charge on any atom is 0.334 e. The van der Waals surface area contributed by atoms with Crippen molar-refractivity contribution in [2.75, 3.05) is 33.5 Å². The number of ether oxygens (including phenoxy) is 4. The third-order valence-electron chi connectivity index (χ3n) is 2.12. The fraction of sp³-hybridized carbons (Fsp3) is 0.750. The van der Waals surface area contributed by atoms with Gasteiger partial charge in [0.05, 0.1) is 19.8 Å². The average molecular weight is 324 g/mol. The fourth-order valence-corrected chi connectivity index (χ4v) is 2.45. The Morgan fingerprint density at radius 2 is 1.55 bits per heavy atom. The second-order valence-electron chi connectivity index (χ2n) is 3.67. The minimum atomic E-state index is -1.57. The number of carbonyl (C=O) groups excluding carboxylic acids is 2. The Labute approximate surface area is 128 Å². The summed E-state index contributed by atoms with van der Waals surface area (Å²) in [5.74, 6) is -1.41. The number of carbonyl (C=O) groups is 2. The molecule has 116 valence electrons. The van der Waals surface area contributed by atoms with Gasteiger partial charge in [-0.05, 0) is 44.8 Å². The van der Waals surface area contributed by atoms with Crippen LogP contribution < -0.4 is 0 Å². The number of hydrogen-bond donors (Lipinski definition) is 0. The molecule has 0 aromatic rings. The molecule has 6 nitrogen and oxygen atoms in total. The molecular weight excluding hydrogens is 304 g/mol. The van der Waals surface area contributed by atoms with Crippen LogP contribution in [0.25, 0.3) is 0 Å². The highest BCUT2D eigenvalue weighted by atomic mass is 32.2. The first kappa shape index (κ1) is 19.1. The van der Waals surface area contributed by atoms with Gasteiger partial charge in [-0.2, -0.15) is 0 Å². The van der Waals surface area contributed by atoms with Gasteiger partial charge in [-0.1, -0.05) is 0 Å². The molecule has 0 rings (SSSR count). The predicted octanol–water partition coefficient (Wildman–Crippen LogP) is 1.55. The van der Waals surface area contributed by atoms with Crippen LogP contribution >= 0.6 is 24.0 Å². The van der Waals surface area contributed by atoms with Crippen LogP contribution in [0.4, 0.5) is 0 Å². The number of thiocarbonyl (C=S) groups is 1. The Hall–Kier alpha value is -0.860. The van der Waals surface area contributed by atoms with Gasteiger partial charge in [0, 0.05) is 7.11 Å². The van der Waals surface area contributed by atoms with Gasteiger partial charge in [0.2, 0.25) is 9.13 Å². The summed E-state index contributed by atoms with van der Waals surface area (Å²) >= 11 is 5.79. The zero-order chi connectivity index (χ0) is 15.6. The van der Waals surface area contributed by atoms with Crippen LogP contribution in [0.5, 0.6) is 0 Å². The number of methoxy groups -OCH3 is 1. The number of thioether (sulfide) groups is 1. The van der Waals surface area contributed by atoms with E-state index in [1.54, 1.807) is 13.8 Å². The van der Waals surface area contributed by atoms with Crippen molar-refractivity contribution in [3.8, 4) is 0 Å². The third kappa shape index (κ3) is 6.06. The Balaban J connectivity index is 4.80. The summed E-state index contributed by atoms with van der Waals surface area (Å²) in [5.41, 5.74) is 0. The van der Waals surface area contributed by atoms with E-state index >= 15 is 0 Å². The minimum absolute atomic E-state index is 0.0608. The van der Waals surface area contributed by atoms with E-state index < -0.39 is 16.7 Å². The molecule has 0 spiro atoms. The lowest BCUT2D eigenvalue weighted by Gasteiger charge is -2.24. The highest BCUT2D eigenvalue weighted by Gasteiger charge is 2.47. The van der Waals surface area contributed by atoms with Crippen molar-refractivity contribution < 1.29 is 28.5 Å². The van der Waals surface area contributed by atoms with Crippen LogP contribution in [0.2, 0.25) is 0 Å². The van der Waals surface area contributed by atoms with E-state index in [2.05, 4.69) is 0 Å². The highest BCUT2D eigenvalue weighted by molar-refractivity contribution is 8.24. The normalized spacial score (nSPS) is 10.8. The van der Waals surface area contributed by atoms with E-state index in [1.807, 2.05) is 0 Å². The third-order valence-corrected chi connectivity index (χ3v) is 3.52. The molecule has 0 atom stereocenters. The maximum absolute atomic E-state index is 12.0. The second-order valence-corrected chi connectivity index (χ2v) is 5.69. The maximum atomic E-state index is 12.0. The van der Waals surface area contributed by atoms with Crippen molar-refractivity contribution in [1.29, 1.82) is 0 Å². The number of esters is 2. The average Bonchev–Trinajstić information content (AvgIpc) is 2.39. The van der Waals surface area contributed by atoms with Gasteiger partial charge in [0.15, 0.2) is 0 Å². The summed E-state index contributed by atoms with van der Waals surface area (Å²) in [6.07, 6.45) is 0. The lowest BCUT2D eigenvalue weighted by molar-refractivity contribution is -0.157. The van der Waals surface area contributed by atoms with E-state index in [0.717, 1.165) is 11.8 Å². The van der Waals surface area contributed by atoms with Crippen LogP contribution in [0.3, 0.4) is 0 Å². The first-order valence-corrected chi connectivity index (χ1v) is 7.33. The number of hydrogen-bond acceptors (Lipinski definition) is 8. The highest BCUT2D eigenvalue weighted by Crippen LogP contribution is 2.30. The molecule has 8 heteroatoms. The van der Waals surface area contributed by atoms with Crippen molar-refractivity contribution in [3.05, 3.63) is 0 Å². The van der Waals surface area contributed by atoms with Crippen LogP contribution in [0, 0.1) is 0 Å². The van der Waals surface area contributed by atoms with Crippen molar-refractivity contribution in [2.24, 2.45) is 0 Å². The molecular formula is C12H20O6S2. The molecule has 0 fully saturated rings. The molecule has 0 radical (unpaired) electrons. The van der Waals surface area contributed by atoms with Gasteiger partial charge in [0.25, 0.3) is 0 Å². The molecule has 0 amide bonds. The van der Waals surface area contributed by atoms with Gasteiger partial charge in [-0.15, -0.1) is 0 Å². The molecule has 0 heterocycles. The molecule has 0 saturated carbocycles. The summed E-state index contributed by atoms with van der Waals surface area (Å²) in [7, 11) is 1.53. The Morgan fingerprint density at radius 1 is 1.05 bits per heavy atom. The molecule has 0 aromatic heterocycles. The van der Waals surface area contributed by atoms with Gasteiger partial charge in [0.1, 0.15) is 6.61 Å². The molecule has 0 bridgehead atoms. The molecule has 0 aliphatic rings. The van der Waals surface area contributed by atoms with Crippen LogP contribution in [-0.4, -0.2) is 54.6 Å². The molecule has 0 unspecified atom stereocenters. The summed E-state index contributed by atoms with van der Waals surface area (Å²) in [6.45, 7) is 5.63. The Morgan fingerprint density at radius 3 is 1.95 bits per heavy atom. The van der Waals surface area contributed by atoms with E-state index in [4.69, 9.17) is 31.2 Å². The summed E-state index contributed by atoms with van der Waals surface area (Å²) < 4.78 is 18.3. The molecule has 0 aliphatic carbocycles. The van der Waals surface area contributed by atoms with Gasteiger partial charge < -0.3 is 18.9 Å². The fourth-order valence-electron chi connectivity index (χ4n) is 1.11. The monoisotopic (exact) mass is 324 g/mol. The quantitative estimate of drug-likeness (QED) is 0.288. The van der Waals surface area contributed by atoms with E-state index in [9.17, 15) is 9.59 Å². The predicted molar refractivity (Wildman–Crippen MR) is 79.7 cm³/mol. The lowest BCUT2D eigenvalue weighted by atomic mass is 10.2. The Kier molecular flexibility index (Phi) is 9.52. The minimum Gasteiger partial charge on any atom is -0.476 e. The van der Waals surface area contributed by atoms with Crippen LogP contribution in [-0.2, 0) is 28.5 Å². The van der Waals surface area contributed by atoms with E-state index in [-0.39, 0.29) is 24.2 Å². The van der Waals surface area contributed by atoms with Crippen molar-refractivity contribution >= 4 is 40.3 Å². The van der Waals surface area contributed by atoms with E-state index in [1.165, 1.54) is 14.0 Å². The summed E-state index contributed by atoms with van der Waals surface area (Å²) in [6, 6.07) is 0. The van der Waals surface area contributed by atoms with E-state index in [0.29, 0.717) is 6.61 Å². The van der Waals surface area contributed by atoms with Crippen LogP contribution in [0.15, 0.2) is 0 Å². The first-order valence-electron chi connectivity index (χ1n) is 6.11. The largest absolute Gasteiger partial charge is 0.476 e. The topological polar surface area (TPSA) is 71.1 Å². The zero-order valence-electron chi connectivity index (χ0n) is 12.1. The molecule has 0 aromatic carbocycles. The van der Waals surface area contributed by atoms with Crippen molar-refractivity contribution in [2.45, 2.75) is 25.5 Å². The Bertz CT molecular complexity index is 327. The number of rotatable bonds is 8. The molecule has 0 aliphatic heterocycles. The molecule has 20 heavy (non-hydrogen) atoms. The van der Waals surface area contributed by atoms with Gasteiger partial charge in [-0.3, -0.25) is 0 Å².